The van der Waals surface area contributed by atoms with Gasteiger partial charge in [-0.2, -0.15) is 0 Å². The van der Waals surface area contributed by atoms with Crippen LogP contribution in [0.25, 0.3) is 0 Å². The lowest BCUT2D eigenvalue weighted by molar-refractivity contribution is -0.177. The normalized spacial score (nSPS) is 19.6. The standard InChI is InChI=1S/C14H20N2O2/c1-2-18-14(13(15)17,16-10-6-7-11-16)12-8-4-3-5-9-12/h3-5,8-9H,2,6-7,10-11H2,1H3,(H2,15,17). The van der Waals surface area contributed by atoms with Crippen molar-refractivity contribution in [3.63, 3.8) is 0 Å². The molecule has 1 fully saturated rings. The zero-order chi connectivity index (χ0) is 13.0. The number of ether oxygens (including phenoxy) is 1. The van der Waals surface area contributed by atoms with E-state index in [0.717, 1.165) is 31.5 Å². The molecule has 2 N–H and O–H groups in total. The lowest BCUT2D eigenvalue weighted by Gasteiger charge is -2.38. The molecule has 1 aromatic carbocycles. The molecule has 1 aliphatic rings. The van der Waals surface area contributed by atoms with Gasteiger partial charge in [-0.05, 0) is 19.8 Å². The van der Waals surface area contributed by atoms with Crippen LogP contribution in [-0.4, -0.2) is 30.5 Å². The number of likely N-dealkylation sites (tertiary alicyclic amines) is 1. The highest BCUT2D eigenvalue weighted by Gasteiger charge is 2.46. The first-order chi connectivity index (χ1) is 8.71. The van der Waals surface area contributed by atoms with Crippen molar-refractivity contribution < 1.29 is 9.53 Å². The number of hydrogen-bond donors (Lipinski definition) is 1. The van der Waals surface area contributed by atoms with Crippen LogP contribution >= 0.6 is 0 Å². The van der Waals surface area contributed by atoms with Gasteiger partial charge in [-0.3, -0.25) is 9.69 Å². The van der Waals surface area contributed by atoms with E-state index < -0.39 is 11.6 Å². The highest BCUT2D eigenvalue weighted by Crippen LogP contribution is 2.33. The van der Waals surface area contributed by atoms with Gasteiger partial charge in [-0.1, -0.05) is 30.3 Å². The molecule has 2 rings (SSSR count). The molecule has 1 aliphatic heterocycles. The number of carbonyl (C=O) groups is 1. The van der Waals surface area contributed by atoms with E-state index in [-0.39, 0.29) is 0 Å². The Morgan fingerprint density at radius 1 is 1.33 bits per heavy atom. The number of hydrogen-bond acceptors (Lipinski definition) is 3. The number of amides is 1. The Bertz CT molecular complexity index is 402. The van der Waals surface area contributed by atoms with Gasteiger partial charge in [0, 0.05) is 25.3 Å². The van der Waals surface area contributed by atoms with Gasteiger partial charge in [0.25, 0.3) is 5.91 Å². The summed E-state index contributed by atoms with van der Waals surface area (Å²) < 4.78 is 5.81. The van der Waals surface area contributed by atoms with Crippen molar-refractivity contribution in [2.75, 3.05) is 19.7 Å². The second-order valence-corrected chi connectivity index (χ2v) is 4.50. The fraction of sp³-hybridized carbons (Fsp3) is 0.500. The van der Waals surface area contributed by atoms with Gasteiger partial charge in [0.05, 0.1) is 0 Å². The van der Waals surface area contributed by atoms with E-state index in [1.807, 2.05) is 42.2 Å². The molecule has 0 aromatic heterocycles. The molecule has 0 aliphatic carbocycles. The Kier molecular flexibility index (Phi) is 3.99. The monoisotopic (exact) mass is 248 g/mol. The maximum atomic E-state index is 12.1. The predicted molar refractivity (Wildman–Crippen MR) is 69.7 cm³/mol. The fourth-order valence-electron chi connectivity index (χ4n) is 2.63. The molecule has 1 atom stereocenters. The number of carbonyl (C=O) groups excluding carboxylic acids is 1. The molecule has 1 saturated heterocycles. The van der Waals surface area contributed by atoms with E-state index in [0.29, 0.717) is 6.61 Å². The molecule has 4 heteroatoms. The summed E-state index contributed by atoms with van der Waals surface area (Å²) in [6.45, 7) is 4.03. The molecule has 4 nitrogen and oxygen atoms in total. The topological polar surface area (TPSA) is 55.6 Å². The lowest BCUT2D eigenvalue weighted by atomic mass is 10.00. The average molecular weight is 248 g/mol. The summed E-state index contributed by atoms with van der Waals surface area (Å²) in [6, 6.07) is 9.53. The summed E-state index contributed by atoms with van der Waals surface area (Å²) in [6.07, 6.45) is 2.16. The third-order valence-electron chi connectivity index (χ3n) is 3.40. The summed E-state index contributed by atoms with van der Waals surface area (Å²) in [5.41, 5.74) is 5.38. The van der Waals surface area contributed by atoms with Gasteiger partial charge in [0.15, 0.2) is 0 Å². The molecule has 1 unspecified atom stereocenters. The first-order valence-electron chi connectivity index (χ1n) is 6.46. The molecule has 18 heavy (non-hydrogen) atoms. The van der Waals surface area contributed by atoms with Crippen LogP contribution in [0.3, 0.4) is 0 Å². The smallest absolute Gasteiger partial charge is 0.270 e. The number of primary amides is 1. The van der Waals surface area contributed by atoms with Crippen molar-refractivity contribution in [3.05, 3.63) is 35.9 Å². The minimum Gasteiger partial charge on any atom is -0.366 e. The molecule has 0 radical (unpaired) electrons. The van der Waals surface area contributed by atoms with Crippen LogP contribution < -0.4 is 5.73 Å². The summed E-state index contributed by atoms with van der Waals surface area (Å²) in [4.78, 5) is 14.1. The Labute approximate surface area is 108 Å². The van der Waals surface area contributed by atoms with Gasteiger partial charge < -0.3 is 10.5 Å². The van der Waals surface area contributed by atoms with E-state index in [4.69, 9.17) is 10.5 Å². The molecule has 1 heterocycles. The second-order valence-electron chi connectivity index (χ2n) is 4.50. The zero-order valence-electron chi connectivity index (χ0n) is 10.8. The Morgan fingerprint density at radius 3 is 2.44 bits per heavy atom. The molecule has 0 spiro atoms. The van der Waals surface area contributed by atoms with E-state index in [1.165, 1.54) is 0 Å². The van der Waals surface area contributed by atoms with Gasteiger partial charge in [0.2, 0.25) is 5.72 Å². The third kappa shape index (κ3) is 2.13. The molecule has 0 bridgehead atoms. The number of benzene rings is 1. The summed E-state index contributed by atoms with van der Waals surface area (Å²) in [5.74, 6) is -0.433. The lowest BCUT2D eigenvalue weighted by Crippen LogP contribution is -2.55. The summed E-state index contributed by atoms with van der Waals surface area (Å²) >= 11 is 0. The van der Waals surface area contributed by atoms with Crippen LogP contribution in [0.5, 0.6) is 0 Å². The molecule has 98 valence electrons. The first-order valence-corrected chi connectivity index (χ1v) is 6.46. The number of nitrogens with zero attached hydrogens (tertiary/aromatic N) is 1. The molecular formula is C14H20N2O2. The molecule has 1 aromatic rings. The largest absolute Gasteiger partial charge is 0.366 e. The Morgan fingerprint density at radius 2 is 1.94 bits per heavy atom. The van der Waals surface area contributed by atoms with Crippen LogP contribution in [0.1, 0.15) is 25.3 Å². The third-order valence-corrected chi connectivity index (χ3v) is 3.40. The van der Waals surface area contributed by atoms with Crippen LogP contribution in [0, 0.1) is 0 Å². The van der Waals surface area contributed by atoms with E-state index in [2.05, 4.69) is 0 Å². The van der Waals surface area contributed by atoms with Crippen molar-refractivity contribution in [3.8, 4) is 0 Å². The summed E-state index contributed by atoms with van der Waals surface area (Å²) in [7, 11) is 0. The average Bonchev–Trinajstić information content (AvgIpc) is 2.90. The van der Waals surface area contributed by atoms with Crippen LogP contribution in [0.15, 0.2) is 30.3 Å². The van der Waals surface area contributed by atoms with Crippen molar-refractivity contribution in [2.45, 2.75) is 25.5 Å². The van der Waals surface area contributed by atoms with Gasteiger partial charge in [-0.15, -0.1) is 0 Å². The van der Waals surface area contributed by atoms with E-state index in [9.17, 15) is 4.79 Å². The molecule has 0 saturated carbocycles. The van der Waals surface area contributed by atoms with Crippen molar-refractivity contribution in [1.82, 2.24) is 4.90 Å². The number of rotatable bonds is 5. The predicted octanol–water partition coefficient (Wildman–Crippen LogP) is 1.46. The van der Waals surface area contributed by atoms with Crippen LogP contribution in [0.2, 0.25) is 0 Å². The summed E-state index contributed by atoms with van der Waals surface area (Å²) in [5, 5.41) is 0. The Balaban J connectivity index is 2.45. The maximum absolute atomic E-state index is 12.1. The molecular weight excluding hydrogens is 228 g/mol. The Hall–Kier alpha value is -1.39. The molecule has 1 amide bonds. The van der Waals surface area contributed by atoms with Gasteiger partial charge in [0.1, 0.15) is 0 Å². The fourth-order valence-corrected chi connectivity index (χ4v) is 2.63. The first kappa shape index (κ1) is 13.1. The SMILES string of the molecule is CCOC(C(N)=O)(c1ccccc1)N1CCCC1. The van der Waals surface area contributed by atoms with Crippen molar-refractivity contribution in [2.24, 2.45) is 5.73 Å². The minimum atomic E-state index is -1.10. The van der Waals surface area contributed by atoms with Crippen molar-refractivity contribution in [1.29, 1.82) is 0 Å². The zero-order valence-corrected chi connectivity index (χ0v) is 10.8. The quantitative estimate of drug-likeness (QED) is 0.858. The number of nitrogens with two attached hydrogens (primary N) is 1. The van der Waals surface area contributed by atoms with Crippen LogP contribution in [0.4, 0.5) is 0 Å². The van der Waals surface area contributed by atoms with E-state index in [1.54, 1.807) is 0 Å². The van der Waals surface area contributed by atoms with Crippen molar-refractivity contribution >= 4 is 5.91 Å². The van der Waals surface area contributed by atoms with E-state index >= 15 is 0 Å². The second kappa shape index (κ2) is 5.50. The maximum Gasteiger partial charge on any atom is 0.270 e. The van der Waals surface area contributed by atoms with Gasteiger partial charge in [-0.25, -0.2) is 0 Å². The van der Waals surface area contributed by atoms with Gasteiger partial charge >= 0.3 is 0 Å². The minimum absolute atomic E-state index is 0.433. The van der Waals surface area contributed by atoms with Crippen LogP contribution in [-0.2, 0) is 15.3 Å². The highest BCUT2D eigenvalue weighted by atomic mass is 16.5. The highest BCUT2D eigenvalue weighted by molar-refractivity contribution is 5.84.